The van der Waals surface area contributed by atoms with Gasteiger partial charge in [0.15, 0.2) is 0 Å². The molecule has 1 atom stereocenters. The molecular formula is C13H26N2O2. The van der Waals surface area contributed by atoms with Gasteiger partial charge in [-0.15, -0.1) is 0 Å². The molecular weight excluding hydrogens is 216 g/mol. The van der Waals surface area contributed by atoms with Crippen LogP contribution in [0, 0.1) is 0 Å². The van der Waals surface area contributed by atoms with Gasteiger partial charge in [-0.1, -0.05) is 19.3 Å². The molecule has 1 amide bonds. The molecule has 1 rings (SSSR count). The zero-order valence-electron chi connectivity index (χ0n) is 11.2. The van der Waals surface area contributed by atoms with Crippen molar-refractivity contribution < 1.29 is 9.90 Å². The number of hydrogen-bond acceptors (Lipinski definition) is 3. The van der Waals surface area contributed by atoms with Crippen LogP contribution in [0.25, 0.3) is 0 Å². The van der Waals surface area contributed by atoms with E-state index in [-0.39, 0.29) is 18.6 Å². The Bertz CT molecular complexity index is 225. The first-order valence-electron chi connectivity index (χ1n) is 6.74. The van der Waals surface area contributed by atoms with Crippen molar-refractivity contribution in [2.75, 3.05) is 33.3 Å². The van der Waals surface area contributed by atoms with Crippen molar-refractivity contribution >= 4 is 5.91 Å². The maximum atomic E-state index is 12.1. The number of aliphatic hydroxyl groups is 1. The van der Waals surface area contributed by atoms with Crippen molar-refractivity contribution in [2.45, 2.75) is 45.1 Å². The Labute approximate surface area is 105 Å². The minimum Gasteiger partial charge on any atom is -0.395 e. The molecule has 1 aliphatic rings. The third kappa shape index (κ3) is 5.04. The van der Waals surface area contributed by atoms with Crippen LogP contribution in [0.5, 0.6) is 0 Å². The third-order valence-corrected chi connectivity index (χ3v) is 3.61. The molecule has 17 heavy (non-hydrogen) atoms. The second kappa shape index (κ2) is 7.67. The predicted molar refractivity (Wildman–Crippen MR) is 68.8 cm³/mol. The smallest absolute Gasteiger partial charge is 0.236 e. The molecule has 1 unspecified atom stereocenters. The number of aliphatic hydroxyl groups excluding tert-OH is 1. The van der Waals surface area contributed by atoms with Gasteiger partial charge in [-0.25, -0.2) is 0 Å². The van der Waals surface area contributed by atoms with Crippen molar-refractivity contribution in [1.29, 1.82) is 0 Å². The van der Waals surface area contributed by atoms with Crippen LogP contribution in [-0.2, 0) is 4.79 Å². The highest BCUT2D eigenvalue weighted by molar-refractivity contribution is 5.78. The Kier molecular flexibility index (Phi) is 6.52. The molecule has 0 radical (unpaired) electrons. The second-order valence-corrected chi connectivity index (χ2v) is 5.10. The number of likely N-dealkylation sites (N-methyl/N-ethyl adjacent to an activating group) is 1. The van der Waals surface area contributed by atoms with Gasteiger partial charge in [-0.3, -0.25) is 9.69 Å². The summed E-state index contributed by atoms with van der Waals surface area (Å²) >= 11 is 0. The minimum atomic E-state index is 0.0497. The Morgan fingerprint density at radius 2 is 1.76 bits per heavy atom. The summed E-state index contributed by atoms with van der Waals surface area (Å²) in [6.07, 6.45) is 6.05. The maximum absolute atomic E-state index is 12.1. The van der Waals surface area contributed by atoms with Crippen molar-refractivity contribution in [3.8, 4) is 0 Å². The number of likely N-dealkylation sites (tertiary alicyclic amines) is 1. The van der Waals surface area contributed by atoms with E-state index in [4.69, 9.17) is 5.11 Å². The largest absolute Gasteiger partial charge is 0.395 e. The van der Waals surface area contributed by atoms with E-state index in [1.807, 2.05) is 23.8 Å². The van der Waals surface area contributed by atoms with Crippen LogP contribution in [-0.4, -0.2) is 60.1 Å². The van der Waals surface area contributed by atoms with Gasteiger partial charge in [0.25, 0.3) is 0 Å². The molecule has 0 spiro atoms. The molecule has 4 nitrogen and oxygen atoms in total. The SMILES string of the molecule is CC(CO)N(C)CC(=O)N1CCCCCCC1. The Morgan fingerprint density at radius 1 is 1.24 bits per heavy atom. The van der Waals surface area contributed by atoms with Crippen molar-refractivity contribution in [3.05, 3.63) is 0 Å². The molecule has 1 fully saturated rings. The highest BCUT2D eigenvalue weighted by Crippen LogP contribution is 2.11. The van der Waals surface area contributed by atoms with E-state index in [0.717, 1.165) is 25.9 Å². The van der Waals surface area contributed by atoms with E-state index in [9.17, 15) is 4.79 Å². The van der Waals surface area contributed by atoms with Crippen LogP contribution >= 0.6 is 0 Å². The first kappa shape index (κ1) is 14.5. The summed E-state index contributed by atoms with van der Waals surface area (Å²) in [5.74, 6) is 0.203. The average molecular weight is 242 g/mol. The molecule has 0 aromatic heterocycles. The number of nitrogens with zero attached hydrogens (tertiary/aromatic N) is 2. The molecule has 0 aromatic rings. The molecule has 1 aliphatic heterocycles. The van der Waals surface area contributed by atoms with Gasteiger partial charge < -0.3 is 10.0 Å². The summed E-state index contributed by atoms with van der Waals surface area (Å²) in [7, 11) is 1.89. The van der Waals surface area contributed by atoms with Gasteiger partial charge in [0.1, 0.15) is 0 Å². The number of carbonyl (C=O) groups excluding carboxylic acids is 1. The molecule has 1 heterocycles. The number of carbonyl (C=O) groups is 1. The second-order valence-electron chi connectivity index (χ2n) is 5.10. The van der Waals surface area contributed by atoms with Gasteiger partial charge in [0.05, 0.1) is 13.2 Å². The van der Waals surface area contributed by atoms with Gasteiger partial charge in [0.2, 0.25) is 5.91 Å². The van der Waals surface area contributed by atoms with Gasteiger partial charge >= 0.3 is 0 Å². The highest BCUT2D eigenvalue weighted by atomic mass is 16.3. The zero-order valence-corrected chi connectivity index (χ0v) is 11.2. The topological polar surface area (TPSA) is 43.8 Å². The van der Waals surface area contributed by atoms with Crippen LogP contribution in [0.2, 0.25) is 0 Å². The van der Waals surface area contributed by atoms with Gasteiger partial charge in [-0.2, -0.15) is 0 Å². The Balaban J connectivity index is 2.38. The normalized spacial score (nSPS) is 19.9. The zero-order chi connectivity index (χ0) is 12.7. The van der Waals surface area contributed by atoms with E-state index in [1.165, 1.54) is 19.3 Å². The molecule has 1 N–H and O–H groups in total. The fourth-order valence-electron chi connectivity index (χ4n) is 2.11. The average Bonchev–Trinajstić information content (AvgIpc) is 2.27. The lowest BCUT2D eigenvalue weighted by molar-refractivity contribution is -0.133. The van der Waals surface area contributed by atoms with Crippen LogP contribution < -0.4 is 0 Å². The monoisotopic (exact) mass is 242 g/mol. The van der Waals surface area contributed by atoms with E-state index < -0.39 is 0 Å². The summed E-state index contributed by atoms with van der Waals surface area (Å²) in [4.78, 5) is 16.0. The van der Waals surface area contributed by atoms with Crippen LogP contribution in [0.3, 0.4) is 0 Å². The van der Waals surface area contributed by atoms with Crippen molar-refractivity contribution in [1.82, 2.24) is 9.80 Å². The van der Waals surface area contributed by atoms with Crippen LogP contribution in [0.1, 0.15) is 39.0 Å². The number of hydrogen-bond donors (Lipinski definition) is 1. The summed E-state index contributed by atoms with van der Waals surface area (Å²) in [5.41, 5.74) is 0. The van der Waals surface area contributed by atoms with Gasteiger partial charge in [-0.05, 0) is 26.8 Å². The lowest BCUT2D eigenvalue weighted by atomic mass is 10.1. The maximum Gasteiger partial charge on any atom is 0.236 e. The van der Waals surface area contributed by atoms with E-state index in [2.05, 4.69) is 0 Å². The molecule has 1 saturated heterocycles. The first-order valence-corrected chi connectivity index (χ1v) is 6.74. The van der Waals surface area contributed by atoms with Crippen molar-refractivity contribution in [3.63, 3.8) is 0 Å². The predicted octanol–water partition coefficient (Wildman–Crippen LogP) is 1.09. The number of amides is 1. The summed E-state index contributed by atoms with van der Waals surface area (Å²) in [5, 5.41) is 9.04. The summed E-state index contributed by atoms with van der Waals surface area (Å²) in [6.45, 7) is 4.26. The molecule has 0 bridgehead atoms. The quantitative estimate of drug-likeness (QED) is 0.802. The van der Waals surface area contributed by atoms with Crippen molar-refractivity contribution in [2.24, 2.45) is 0 Å². The van der Waals surface area contributed by atoms with E-state index in [0.29, 0.717) is 6.54 Å². The Hall–Kier alpha value is -0.610. The molecule has 0 aliphatic carbocycles. The molecule has 0 aromatic carbocycles. The summed E-state index contributed by atoms with van der Waals surface area (Å²) < 4.78 is 0. The first-order chi connectivity index (χ1) is 8.15. The van der Waals surface area contributed by atoms with E-state index in [1.54, 1.807) is 0 Å². The minimum absolute atomic E-state index is 0.0497. The third-order valence-electron chi connectivity index (χ3n) is 3.61. The fraction of sp³-hybridized carbons (Fsp3) is 0.923. The molecule has 0 saturated carbocycles. The standard InChI is InChI=1S/C13H26N2O2/c1-12(11-16)14(2)10-13(17)15-8-6-4-3-5-7-9-15/h12,16H,3-11H2,1-2H3. The lowest BCUT2D eigenvalue weighted by Crippen LogP contribution is -2.43. The number of rotatable bonds is 4. The highest BCUT2D eigenvalue weighted by Gasteiger charge is 2.18. The van der Waals surface area contributed by atoms with Gasteiger partial charge in [0, 0.05) is 19.1 Å². The summed E-state index contributed by atoms with van der Waals surface area (Å²) in [6, 6.07) is 0.0497. The lowest BCUT2D eigenvalue weighted by Gasteiger charge is -2.29. The Morgan fingerprint density at radius 3 is 2.29 bits per heavy atom. The molecule has 100 valence electrons. The fourth-order valence-corrected chi connectivity index (χ4v) is 2.11. The van der Waals surface area contributed by atoms with Crippen LogP contribution in [0.15, 0.2) is 0 Å². The van der Waals surface area contributed by atoms with Crippen LogP contribution in [0.4, 0.5) is 0 Å². The van der Waals surface area contributed by atoms with E-state index >= 15 is 0 Å². The molecule has 4 heteroatoms.